The molecule has 2 aromatic rings. The van der Waals surface area contributed by atoms with Crippen molar-refractivity contribution in [3.05, 3.63) is 65.2 Å². The Bertz CT molecular complexity index is 824. The van der Waals surface area contributed by atoms with Crippen LogP contribution in [-0.2, 0) is 11.2 Å². The van der Waals surface area contributed by atoms with Gasteiger partial charge in [0, 0.05) is 24.9 Å². The lowest BCUT2D eigenvalue weighted by molar-refractivity contribution is -0.121. The van der Waals surface area contributed by atoms with E-state index >= 15 is 0 Å². The second kappa shape index (κ2) is 10.9. The quantitative estimate of drug-likeness (QED) is 0.600. The molecule has 1 aliphatic rings. The van der Waals surface area contributed by atoms with E-state index in [0.29, 0.717) is 12.1 Å². The molecule has 0 bridgehead atoms. The zero-order valence-corrected chi connectivity index (χ0v) is 18.0. The Hall–Kier alpha value is -2.66. The maximum Gasteiger partial charge on any atom is 0.220 e. The lowest BCUT2D eigenvalue weighted by Gasteiger charge is -2.28. The van der Waals surface area contributed by atoms with E-state index in [1.54, 1.807) is 7.11 Å². The molecule has 0 aromatic heterocycles. The van der Waals surface area contributed by atoms with Crippen LogP contribution in [0, 0.1) is 0 Å². The average Bonchev–Trinajstić information content (AvgIpc) is 3.32. The van der Waals surface area contributed by atoms with E-state index in [1.165, 1.54) is 24.0 Å². The lowest BCUT2D eigenvalue weighted by atomic mass is 10.0. The molecule has 0 spiro atoms. The smallest absolute Gasteiger partial charge is 0.220 e. The van der Waals surface area contributed by atoms with Crippen LogP contribution in [0.15, 0.2) is 48.5 Å². The molecule has 1 aliphatic heterocycles. The Labute approximate surface area is 179 Å². The Balaban J connectivity index is 1.53. The third-order valence-corrected chi connectivity index (χ3v) is 5.84. The molecular weight excluding hydrogens is 376 g/mol. The Morgan fingerprint density at radius 1 is 1.00 bits per heavy atom. The Morgan fingerprint density at radius 2 is 1.67 bits per heavy atom. The first-order chi connectivity index (χ1) is 14.6. The molecule has 0 saturated carbocycles. The third kappa shape index (κ3) is 5.92. The predicted molar refractivity (Wildman–Crippen MR) is 119 cm³/mol. The molecule has 1 atom stereocenters. The Morgan fingerprint density at radius 3 is 2.27 bits per heavy atom. The van der Waals surface area contributed by atoms with Crippen LogP contribution in [0.25, 0.3) is 0 Å². The number of carbonyl (C=O) groups excluding carboxylic acids is 2. The summed E-state index contributed by atoms with van der Waals surface area (Å²) in [5.74, 6) is 0.763. The van der Waals surface area contributed by atoms with Crippen LogP contribution in [0.4, 0.5) is 0 Å². The number of methoxy groups -OCH3 is 1. The van der Waals surface area contributed by atoms with Crippen molar-refractivity contribution in [2.75, 3.05) is 26.7 Å². The van der Waals surface area contributed by atoms with Gasteiger partial charge >= 0.3 is 0 Å². The number of amides is 1. The molecule has 0 radical (unpaired) electrons. The molecule has 5 heteroatoms. The van der Waals surface area contributed by atoms with E-state index in [0.717, 1.165) is 25.3 Å². The number of nitrogens with zero attached hydrogens (tertiary/aromatic N) is 1. The molecule has 5 nitrogen and oxygen atoms in total. The van der Waals surface area contributed by atoms with Gasteiger partial charge in [-0.15, -0.1) is 0 Å². The minimum Gasteiger partial charge on any atom is -0.497 e. The van der Waals surface area contributed by atoms with Crippen molar-refractivity contribution >= 4 is 11.7 Å². The Kier molecular flexibility index (Phi) is 8.03. The zero-order chi connectivity index (χ0) is 21.3. The maximum absolute atomic E-state index is 12.4. The van der Waals surface area contributed by atoms with Gasteiger partial charge in [-0.3, -0.25) is 14.5 Å². The van der Waals surface area contributed by atoms with E-state index in [1.807, 2.05) is 36.4 Å². The average molecular weight is 409 g/mol. The van der Waals surface area contributed by atoms with Crippen molar-refractivity contribution in [1.29, 1.82) is 0 Å². The fourth-order valence-corrected chi connectivity index (χ4v) is 3.93. The minimum absolute atomic E-state index is 0.0130. The topological polar surface area (TPSA) is 58.6 Å². The molecule has 160 valence electrons. The fourth-order valence-electron chi connectivity index (χ4n) is 3.93. The summed E-state index contributed by atoms with van der Waals surface area (Å²) < 4.78 is 5.26. The molecule has 30 heavy (non-hydrogen) atoms. The number of Topliss-reactive ketones (excluding diaryl/α,β-unsaturated/α-hetero) is 1. The molecule has 2 aromatic carbocycles. The molecule has 1 N–H and O–H groups in total. The number of hydrogen-bond donors (Lipinski definition) is 1. The van der Waals surface area contributed by atoms with Gasteiger partial charge in [0.15, 0.2) is 5.78 Å². The number of likely N-dealkylation sites (tertiary alicyclic amines) is 1. The van der Waals surface area contributed by atoms with Gasteiger partial charge in [0.1, 0.15) is 5.75 Å². The highest BCUT2D eigenvalue weighted by atomic mass is 16.5. The molecule has 1 saturated heterocycles. The fraction of sp³-hybridized carbons (Fsp3) is 0.440. The van der Waals surface area contributed by atoms with Crippen molar-refractivity contribution in [2.24, 2.45) is 0 Å². The van der Waals surface area contributed by atoms with Gasteiger partial charge in [-0.2, -0.15) is 0 Å². The number of carbonyl (C=O) groups is 2. The molecule has 3 rings (SSSR count). The van der Waals surface area contributed by atoms with Gasteiger partial charge in [0.25, 0.3) is 0 Å². The van der Waals surface area contributed by atoms with E-state index in [9.17, 15) is 9.59 Å². The highest BCUT2D eigenvalue weighted by Crippen LogP contribution is 2.26. The van der Waals surface area contributed by atoms with Gasteiger partial charge in [-0.1, -0.05) is 43.3 Å². The van der Waals surface area contributed by atoms with Crippen LogP contribution in [0.3, 0.4) is 0 Å². The second-order valence-electron chi connectivity index (χ2n) is 7.81. The number of ether oxygens (including phenoxy) is 1. The van der Waals surface area contributed by atoms with Gasteiger partial charge in [0.2, 0.25) is 5.91 Å². The molecule has 1 fully saturated rings. The van der Waals surface area contributed by atoms with Gasteiger partial charge in [0.05, 0.1) is 13.2 Å². The summed E-state index contributed by atoms with van der Waals surface area (Å²) in [4.78, 5) is 27.2. The predicted octanol–water partition coefficient (Wildman–Crippen LogP) is 4.17. The summed E-state index contributed by atoms with van der Waals surface area (Å²) in [5, 5.41) is 3.05. The first-order valence-corrected chi connectivity index (χ1v) is 10.9. The van der Waals surface area contributed by atoms with Gasteiger partial charge < -0.3 is 10.1 Å². The molecule has 1 heterocycles. The summed E-state index contributed by atoms with van der Waals surface area (Å²) in [7, 11) is 1.66. The van der Waals surface area contributed by atoms with E-state index < -0.39 is 0 Å². The number of nitrogens with one attached hydrogen (secondary N) is 1. The van der Waals surface area contributed by atoms with Crippen LogP contribution in [0.5, 0.6) is 5.75 Å². The van der Waals surface area contributed by atoms with Crippen LogP contribution < -0.4 is 10.1 Å². The lowest BCUT2D eigenvalue weighted by Crippen LogP contribution is -2.36. The first-order valence-electron chi connectivity index (χ1n) is 10.9. The zero-order valence-electron chi connectivity index (χ0n) is 18.0. The van der Waals surface area contributed by atoms with Crippen molar-refractivity contribution in [1.82, 2.24) is 10.2 Å². The second-order valence-corrected chi connectivity index (χ2v) is 7.81. The summed E-state index contributed by atoms with van der Waals surface area (Å²) in [6, 6.07) is 15.9. The minimum atomic E-state index is -0.0776. The van der Waals surface area contributed by atoms with Crippen molar-refractivity contribution in [2.45, 2.75) is 45.1 Å². The summed E-state index contributed by atoms with van der Waals surface area (Å²) in [5.41, 5.74) is 3.05. The summed E-state index contributed by atoms with van der Waals surface area (Å²) in [6.45, 7) is 4.71. The monoisotopic (exact) mass is 408 g/mol. The van der Waals surface area contributed by atoms with Crippen molar-refractivity contribution < 1.29 is 14.3 Å². The number of hydrogen-bond acceptors (Lipinski definition) is 4. The molecule has 0 aliphatic carbocycles. The van der Waals surface area contributed by atoms with E-state index in [2.05, 4.69) is 29.3 Å². The summed E-state index contributed by atoms with van der Waals surface area (Å²) >= 11 is 0. The molecule has 1 amide bonds. The maximum atomic E-state index is 12.4. The van der Waals surface area contributed by atoms with E-state index in [-0.39, 0.29) is 30.6 Å². The van der Waals surface area contributed by atoms with Crippen molar-refractivity contribution in [3.8, 4) is 5.75 Å². The van der Waals surface area contributed by atoms with Crippen LogP contribution in [-0.4, -0.2) is 43.3 Å². The number of aryl methyl sites for hydroxylation is 1. The standard InChI is InChI=1S/C25H32N2O3/c1-3-19-6-8-21(9-7-19)24(28)14-15-25(29)26-18-23(27-16-4-5-17-27)20-10-12-22(30-2)13-11-20/h6-13,23H,3-5,14-18H2,1-2H3,(H,26,29). The molecular formula is C25H32N2O3. The normalized spacial score (nSPS) is 15.0. The highest BCUT2D eigenvalue weighted by Gasteiger charge is 2.24. The van der Waals surface area contributed by atoms with Gasteiger partial charge in [-0.05, 0) is 55.6 Å². The van der Waals surface area contributed by atoms with Crippen molar-refractivity contribution in [3.63, 3.8) is 0 Å². The number of benzene rings is 2. The summed E-state index contributed by atoms with van der Waals surface area (Å²) in [6.07, 6.45) is 3.76. The van der Waals surface area contributed by atoms with Crippen LogP contribution in [0.2, 0.25) is 0 Å². The van der Waals surface area contributed by atoms with E-state index in [4.69, 9.17) is 4.74 Å². The largest absolute Gasteiger partial charge is 0.497 e. The molecule has 1 unspecified atom stereocenters. The SMILES string of the molecule is CCc1ccc(C(=O)CCC(=O)NCC(c2ccc(OC)cc2)N2CCCC2)cc1. The number of ketones is 1. The van der Waals surface area contributed by atoms with Crippen LogP contribution >= 0.6 is 0 Å². The highest BCUT2D eigenvalue weighted by molar-refractivity contribution is 5.97. The first kappa shape index (κ1) is 22.0. The third-order valence-electron chi connectivity index (χ3n) is 5.84. The number of rotatable bonds is 10. The van der Waals surface area contributed by atoms with Gasteiger partial charge in [-0.25, -0.2) is 0 Å². The van der Waals surface area contributed by atoms with Crippen LogP contribution in [0.1, 0.15) is 60.1 Å².